The fraction of sp³-hybridized carbons (Fsp3) is 0.211. The van der Waals surface area contributed by atoms with Gasteiger partial charge in [-0.15, -0.1) is 0 Å². The van der Waals surface area contributed by atoms with Crippen LogP contribution in [0.5, 0.6) is 0 Å². The summed E-state index contributed by atoms with van der Waals surface area (Å²) in [6.07, 6.45) is 5.22. The van der Waals surface area contributed by atoms with E-state index in [1.165, 1.54) is 5.56 Å². The molecule has 0 aliphatic heterocycles. The second kappa shape index (κ2) is 8.05. The average molecular weight is 279 g/mol. The maximum Gasteiger partial charge on any atom is 0.244 e. The first-order valence-electron chi connectivity index (χ1n) is 7.35. The molecule has 0 unspecified atom stereocenters. The van der Waals surface area contributed by atoms with Crippen LogP contribution in [-0.4, -0.2) is 11.9 Å². The van der Waals surface area contributed by atoms with Gasteiger partial charge >= 0.3 is 0 Å². The first-order valence-corrected chi connectivity index (χ1v) is 7.35. The Hall–Kier alpha value is -2.35. The lowest BCUT2D eigenvalue weighted by molar-refractivity contribution is -0.117. The molecule has 0 spiro atoms. The lowest BCUT2D eigenvalue weighted by Crippen LogP contribution is -2.34. The minimum Gasteiger partial charge on any atom is -0.349 e. The van der Waals surface area contributed by atoms with E-state index in [9.17, 15) is 4.79 Å². The van der Waals surface area contributed by atoms with E-state index < -0.39 is 0 Å². The van der Waals surface area contributed by atoms with Gasteiger partial charge < -0.3 is 5.32 Å². The summed E-state index contributed by atoms with van der Waals surface area (Å²) < 4.78 is 0. The predicted molar refractivity (Wildman–Crippen MR) is 87.8 cm³/mol. The standard InChI is InChI=1S/C19H21NO/c1-2-18(15-17-11-7-4-8-12-17)20-19(21)14-13-16-9-5-3-6-10-16/h3-14,18H,2,15H2,1H3,(H,20,21)/b14-13+/t18-/m0/s1. The first-order chi connectivity index (χ1) is 10.3. The van der Waals surface area contributed by atoms with E-state index in [0.717, 1.165) is 18.4 Å². The zero-order chi connectivity index (χ0) is 14.9. The second-order valence-corrected chi connectivity index (χ2v) is 5.05. The smallest absolute Gasteiger partial charge is 0.244 e. The maximum absolute atomic E-state index is 12.0. The van der Waals surface area contributed by atoms with Gasteiger partial charge in [0.2, 0.25) is 5.91 Å². The summed E-state index contributed by atoms with van der Waals surface area (Å²) in [4.78, 5) is 12.0. The summed E-state index contributed by atoms with van der Waals surface area (Å²) >= 11 is 0. The molecule has 2 aromatic carbocycles. The van der Waals surface area contributed by atoms with Gasteiger partial charge in [-0.05, 0) is 30.0 Å². The van der Waals surface area contributed by atoms with Crippen LogP contribution < -0.4 is 5.32 Å². The zero-order valence-electron chi connectivity index (χ0n) is 12.3. The normalized spacial score (nSPS) is 12.2. The van der Waals surface area contributed by atoms with Crippen LogP contribution in [0.2, 0.25) is 0 Å². The van der Waals surface area contributed by atoms with Crippen molar-refractivity contribution in [3.8, 4) is 0 Å². The Bertz CT molecular complexity index is 575. The topological polar surface area (TPSA) is 29.1 Å². The predicted octanol–water partition coefficient (Wildman–Crippen LogP) is 3.84. The summed E-state index contributed by atoms with van der Waals surface area (Å²) in [7, 11) is 0. The molecule has 0 aromatic heterocycles. The third-order valence-corrected chi connectivity index (χ3v) is 3.39. The van der Waals surface area contributed by atoms with Gasteiger partial charge in [-0.1, -0.05) is 67.6 Å². The number of carbonyl (C=O) groups excluding carboxylic acids is 1. The van der Waals surface area contributed by atoms with Gasteiger partial charge in [0.05, 0.1) is 0 Å². The number of nitrogens with one attached hydrogen (secondary N) is 1. The van der Waals surface area contributed by atoms with Crippen LogP contribution in [0.25, 0.3) is 6.08 Å². The van der Waals surface area contributed by atoms with Crippen LogP contribution in [0, 0.1) is 0 Å². The van der Waals surface area contributed by atoms with Crippen molar-refractivity contribution in [2.24, 2.45) is 0 Å². The van der Waals surface area contributed by atoms with E-state index in [-0.39, 0.29) is 11.9 Å². The molecule has 2 heteroatoms. The lowest BCUT2D eigenvalue weighted by atomic mass is 10.0. The van der Waals surface area contributed by atoms with Gasteiger partial charge in [0, 0.05) is 12.1 Å². The molecule has 2 aromatic rings. The molecule has 0 heterocycles. The van der Waals surface area contributed by atoms with Crippen molar-refractivity contribution in [1.82, 2.24) is 5.32 Å². The largest absolute Gasteiger partial charge is 0.349 e. The Morgan fingerprint density at radius 1 is 1.05 bits per heavy atom. The van der Waals surface area contributed by atoms with Crippen LogP contribution in [-0.2, 0) is 11.2 Å². The molecule has 0 fully saturated rings. The van der Waals surface area contributed by atoms with E-state index in [4.69, 9.17) is 0 Å². The van der Waals surface area contributed by atoms with Crippen molar-refractivity contribution in [3.05, 3.63) is 77.9 Å². The molecule has 1 N–H and O–H groups in total. The monoisotopic (exact) mass is 279 g/mol. The Balaban J connectivity index is 1.89. The van der Waals surface area contributed by atoms with Gasteiger partial charge in [-0.2, -0.15) is 0 Å². The highest BCUT2D eigenvalue weighted by Crippen LogP contribution is 2.06. The number of hydrogen-bond acceptors (Lipinski definition) is 1. The van der Waals surface area contributed by atoms with Gasteiger partial charge in [0.25, 0.3) is 0 Å². The Labute approximate surface area is 126 Å². The number of benzene rings is 2. The highest BCUT2D eigenvalue weighted by molar-refractivity contribution is 5.91. The summed E-state index contributed by atoms with van der Waals surface area (Å²) in [6, 6.07) is 20.2. The van der Waals surface area contributed by atoms with Crippen molar-refractivity contribution < 1.29 is 4.79 Å². The van der Waals surface area contributed by atoms with Gasteiger partial charge in [-0.25, -0.2) is 0 Å². The molecule has 21 heavy (non-hydrogen) atoms. The van der Waals surface area contributed by atoms with Crippen LogP contribution in [0.3, 0.4) is 0 Å². The van der Waals surface area contributed by atoms with Crippen LogP contribution in [0.4, 0.5) is 0 Å². The van der Waals surface area contributed by atoms with Gasteiger partial charge in [0.1, 0.15) is 0 Å². The molecule has 0 bridgehead atoms. The summed E-state index contributed by atoms with van der Waals surface area (Å²) in [5.74, 6) is -0.0402. The maximum atomic E-state index is 12.0. The molecule has 2 nitrogen and oxygen atoms in total. The minimum absolute atomic E-state index is 0.0402. The highest BCUT2D eigenvalue weighted by atomic mass is 16.1. The quantitative estimate of drug-likeness (QED) is 0.800. The molecule has 0 aliphatic rings. The van der Waals surface area contributed by atoms with Crippen molar-refractivity contribution in [2.45, 2.75) is 25.8 Å². The van der Waals surface area contributed by atoms with Crippen LogP contribution >= 0.6 is 0 Å². The number of hydrogen-bond donors (Lipinski definition) is 1. The first kappa shape index (κ1) is 15.0. The lowest BCUT2D eigenvalue weighted by Gasteiger charge is -2.15. The number of amides is 1. The zero-order valence-corrected chi connectivity index (χ0v) is 12.3. The minimum atomic E-state index is -0.0402. The van der Waals surface area contributed by atoms with E-state index in [1.807, 2.05) is 54.6 Å². The van der Waals surface area contributed by atoms with E-state index in [2.05, 4.69) is 24.4 Å². The second-order valence-electron chi connectivity index (χ2n) is 5.05. The van der Waals surface area contributed by atoms with E-state index in [1.54, 1.807) is 6.08 Å². The third kappa shape index (κ3) is 5.27. The molecule has 1 amide bonds. The summed E-state index contributed by atoms with van der Waals surface area (Å²) in [5.41, 5.74) is 2.28. The molecular formula is C19H21NO. The van der Waals surface area contributed by atoms with Gasteiger partial charge in [-0.3, -0.25) is 4.79 Å². The molecule has 1 atom stereocenters. The van der Waals surface area contributed by atoms with Gasteiger partial charge in [0.15, 0.2) is 0 Å². The van der Waals surface area contributed by atoms with Crippen molar-refractivity contribution in [2.75, 3.05) is 0 Å². The SMILES string of the molecule is CC[C@@H](Cc1ccccc1)NC(=O)/C=C/c1ccccc1. The molecule has 108 valence electrons. The Kier molecular flexibility index (Phi) is 5.77. The van der Waals surface area contributed by atoms with Crippen molar-refractivity contribution >= 4 is 12.0 Å². The summed E-state index contributed by atoms with van der Waals surface area (Å²) in [5, 5.41) is 3.06. The fourth-order valence-corrected chi connectivity index (χ4v) is 2.18. The van der Waals surface area contributed by atoms with Crippen molar-refractivity contribution in [1.29, 1.82) is 0 Å². The molecule has 2 rings (SSSR count). The number of rotatable bonds is 6. The molecule has 0 radical (unpaired) electrons. The number of carbonyl (C=O) groups is 1. The Morgan fingerprint density at radius 2 is 1.67 bits per heavy atom. The Morgan fingerprint density at radius 3 is 2.29 bits per heavy atom. The molecular weight excluding hydrogens is 258 g/mol. The highest BCUT2D eigenvalue weighted by Gasteiger charge is 2.09. The third-order valence-electron chi connectivity index (χ3n) is 3.39. The van der Waals surface area contributed by atoms with Crippen molar-refractivity contribution in [3.63, 3.8) is 0 Å². The van der Waals surface area contributed by atoms with Crippen LogP contribution in [0.15, 0.2) is 66.7 Å². The van der Waals surface area contributed by atoms with Crippen LogP contribution in [0.1, 0.15) is 24.5 Å². The average Bonchev–Trinajstić information content (AvgIpc) is 2.54. The summed E-state index contributed by atoms with van der Waals surface area (Å²) in [6.45, 7) is 2.09. The fourth-order valence-electron chi connectivity index (χ4n) is 2.18. The molecule has 0 saturated heterocycles. The molecule has 0 aliphatic carbocycles. The van der Waals surface area contributed by atoms with E-state index in [0.29, 0.717) is 0 Å². The van der Waals surface area contributed by atoms with E-state index >= 15 is 0 Å². The molecule has 0 saturated carbocycles.